The number of aromatic nitrogens is 5. The van der Waals surface area contributed by atoms with Crippen molar-refractivity contribution in [1.82, 2.24) is 29.5 Å². The van der Waals surface area contributed by atoms with Crippen molar-refractivity contribution in [2.75, 3.05) is 25.5 Å². The molecular formula is C24H25N7O2. The van der Waals surface area contributed by atoms with Gasteiger partial charge in [0.25, 0.3) is 0 Å². The highest BCUT2D eigenvalue weighted by atomic mass is 16.5. The first kappa shape index (κ1) is 19.9. The fourth-order valence-corrected chi connectivity index (χ4v) is 5.42. The van der Waals surface area contributed by atoms with Crippen molar-refractivity contribution in [3.63, 3.8) is 0 Å². The van der Waals surface area contributed by atoms with Crippen LogP contribution in [0.2, 0.25) is 0 Å². The first-order chi connectivity index (χ1) is 16.1. The van der Waals surface area contributed by atoms with Gasteiger partial charge in [0.15, 0.2) is 0 Å². The van der Waals surface area contributed by atoms with E-state index in [1.807, 2.05) is 39.9 Å². The summed E-state index contributed by atoms with van der Waals surface area (Å²) in [6.45, 7) is 3.37. The Labute approximate surface area is 190 Å². The lowest BCUT2D eigenvalue weighted by atomic mass is 10.0. The first-order valence-corrected chi connectivity index (χ1v) is 11.3. The molecule has 0 bridgehead atoms. The molecule has 1 saturated heterocycles. The number of ether oxygens (including phenoxy) is 1. The smallest absolute Gasteiger partial charge is 0.244 e. The van der Waals surface area contributed by atoms with Gasteiger partial charge in [-0.25, -0.2) is 4.52 Å². The topological polar surface area (TPSA) is 97.5 Å². The Bertz CT molecular complexity index is 1350. The molecule has 2 aliphatic rings. The molecule has 4 heterocycles. The van der Waals surface area contributed by atoms with Crippen LogP contribution in [-0.4, -0.2) is 61.6 Å². The van der Waals surface area contributed by atoms with Crippen LogP contribution in [0.5, 0.6) is 5.88 Å². The number of anilines is 1. The summed E-state index contributed by atoms with van der Waals surface area (Å²) in [4.78, 5) is 27.1. The molecule has 4 aromatic rings. The van der Waals surface area contributed by atoms with Gasteiger partial charge in [0, 0.05) is 50.2 Å². The maximum Gasteiger partial charge on any atom is 0.244 e. The van der Waals surface area contributed by atoms with Crippen LogP contribution in [0.4, 0.5) is 5.95 Å². The molecule has 0 spiro atoms. The lowest BCUT2D eigenvalue weighted by Gasteiger charge is -2.18. The average Bonchev–Trinajstić information content (AvgIpc) is 3.51. The third kappa shape index (κ3) is 3.44. The Morgan fingerprint density at radius 3 is 2.58 bits per heavy atom. The molecule has 9 heteroatoms. The molecule has 9 nitrogen and oxygen atoms in total. The summed E-state index contributed by atoms with van der Waals surface area (Å²) in [6.07, 6.45) is 7.36. The number of benzene rings is 1. The van der Waals surface area contributed by atoms with E-state index in [2.05, 4.69) is 20.3 Å². The fraction of sp³-hybridized carbons (Fsp3) is 0.375. The summed E-state index contributed by atoms with van der Waals surface area (Å²) in [5, 5.41) is 8.22. The van der Waals surface area contributed by atoms with Crippen molar-refractivity contribution in [1.29, 1.82) is 0 Å². The maximum atomic E-state index is 11.7. The molecular weight excluding hydrogens is 418 g/mol. The maximum absolute atomic E-state index is 11.7. The van der Waals surface area contributed by atoms with E-state index in [0.29, 0.717) is 29.7 Å². The molecule has 2 fully saturated rings. The summed E-state index contributed by atoms with van der Waals surface area (Å²) in [7, 11) is 1.63. The molecule has 33 heavy (non-hydrogen) atoms. The minimum Gasteiger partial charge on any atom is -0.479 e. The van der Waals surface area contributed by atoms with Gasteiger partial charge in [-0.2, -0.15) is 4.98 Å². The SMILES string of the molecule is COc1nc(N[C@H]2C[C@@H]3CN(C(C)=O)C[C@@H]3C2)nn2ccc(-c3ccc4nccnc4c3)c12. The Morgan fingerprint density at radius 2 is 1.85 bits per heavy atom. The number of rotatable bonds is 4. The molecule has 0 unspecified atom stereocenters. The number of methoxy groups -OCH3 is 1. The number of hydrogen-bond acceptors (Lipinski definition) is 7. The highest BCUT2D eigenvalue weighted by molar-refractivity contribution is 5.89. The summed E-state index contributed by atoms with van der Waals surface area (Å²) in [5.41, 5.74) is 4.49. The molecule has 0 radical (unpaired) electrons. The van der Waals surface area contributed by atoms with E-state index in [4.69, 9.17) is 9.84 Å². The van der Waals surface area contributed by atoms with Gasteiger partial charge in [-0.3, -0.25) is 14.8 Å². The number of carbonyl (C=O) groups excluding carboxylic acids is 1. The second-order valence-corrected chi connectivity index (χ2v) is 8.98. The van der Waals surface area contributed by atoms with Crippen LogP contribution in [0, 0.1) is 11.8 Å². The second-order valence-electron chi connectivity index (χ2n) is 8.98. The van der Waals surface area contributed by atoms with Crippen LogP contribution >= 0.6 is 0 Å². The zero-order valence-corrected chi connectivity index (χ0v) is 18.6. The summed E-state index contributed by atoms with van der Waals surface area (Å²) < 4.78 is 7.49. The Balaban J connectivity index is 1.28. The quantitative estimate of drug-likeness (QED) is 0.518. The number of carbonyl (C=O) groups is 1. The highest BCUT2D eigenvalue weighted by Gasteiger charge is 2.41. The van der Waals surface area contributed by atoms with Crippen LogP contribution < -0.4 is 10.1 Å². The molecule has 1 aromatic carbocycles. The van der Waals surface area contributed by atoms with Gasteiger partial charge in [0.1, 0.15) is 5.52 Å². The van der Waals surface area contributed by atoms with Crippen LogP contribution in [0.25, 0.3) is 27.7 Å². The van der Waals surface area contributed by atoms with Gasteiger partial charge in [0.05, 0.1) is 18.1 Å². The highest BCUT2D eigenvalue weighted by Crippen LogP contribution is 2.39. The molecule has 1 aliphatic heterocycles. The zero-order chi connectivity index (χ0) is 22.5. The van der Waals surface area contributed by atoms with Gasteiger partial charge in [-0.15, -0.1) is 5.10 Å². The Kier molecular flexibility index (Phi) is 4.63. The number of hydrogen-bond donors (Lipinski definition) is 1. The summed E-state index contributed by atoms with van der Waals surface area (Å²) >= 11 is 0. The largest absolute Gasteiger partial charge is 0.479 e. The molecule has 3 atom stereocenters. The van der Waals surface area contributed by atoms with Crippen LogP contribution in [0.15, 0.2) is 42.9 Å². The normalized spacial score (nSPS) is 22.1. The Hall–Kier alpha value is -3.75. The van der Waals surface area contributed by atoms with Crippen molar-refractivity contribution in [2.24, 2.45) is 11.8 Å². The Morgan fingerprint density at radius 1 is 1.09 bits per heavy atom. The van der Waals surface area contributed by atoms with Crippen molar-refractivity contribution in [3.8, 4) is 17.0 Å². The monoisotopic (exact) mass is 443 g/mol. The van der Waals surface area contributed by atoms with Crippen LogP contribution in [0.3, 0.4) is 0 Å². The summed E-state index contributed by atoms with van der Waals surface area (Å²) in [5.74, 6) is 2.35. The second kappa shape index (κ2) is 7.68. The van der Waals surface area contributed by atoms with E-state index in [-0.39, 0.29) is 5.91 Å². The third-order valence-electron chi connectivity index (χ3n) is 6.98. The predicted molar refractivity (Wildman–Crippen MR) is 124 cm³/mol. The number of nitrogens with zero attached hydrogens (tertiary/aromatic N) is 6. The van der Waals surface area contributed by atoms with E-state index < -0.39 is 0 Å². The average molecular weight is 444 g/mol. The lowest BCUT2D eigenvalue weighted by Crippen LogP contribution is -2.29. The predicted octanol–water partition coefficient (Wildman–Crippen LogP) is 3.02. The third-order valence-corrected chi connectivity index (χ3v) is 6.98. The van der Waals surface area contributed by atoms with Crippen molar-refractivity contribution in [3.05, 3.63) is 42.9 Å². The van der Waals surface area contributed by atoms with Crippen molar-refractivity contribution >= 4 is 28.4 Å². The fourth-order valence-electron chi connectivity index (χ4n) is 5.42. The van der Waals surface area contributed by atoms with Crippen molar-refractivity contribution < 1.29 is 9.53 Å². The van der Waals surface area contributed by atoms with Gasteiger partial charge < -0.3 is 15.0 Å². The molecule has 1 aliphatic carbocycles. The molecule has 1 amide bonds. The minimum absolute atomic E-state index is 0.175. The molecule has 1 N–H and O–H groups in total. The number of fused-ring (bicyclic) bond motifs is 3. The minimum atomic E-state index is 0.175. The standard InChI is InChI=1S/C24H25N7O2/c1-14(32)30-12-16-9-18(10-17(16)13-30)27-24-28-23(33-2)22-19(5-8-31(22)29-24)15-3-4-20-21(11-15)26-7-6-25-20/h3-8,11,16-18H,9-10,12-13H2,1-2H3,(H,27,29)/t16-,17+,18+. The molecule has 3 aromatic heterocycles. The zero-order valence-electron chi connectivity index (χ0n) is 18.6. The molecule has 1 saturated carbocycles. The number of amides is 1. The molecule has 168 valence electrons. The van der Waals surface area contributed by atoms with Gasteiger partial charge in [-0.05, 0) is 48.4 Å². The van der Waals surface area contributed by atoms with Crippen LogP contribution in [0.1, 0.15) is 19.8 Å². The number of likely N-dealkylation sites (tertiary alicyclic amines) is 1. The van der Waals surface area contributed by atoms with E-state index in [0.717, 1.165) is 53.6 Å². The van der Waals surface area contributed by atoms with Gasteiger partial charge in [-0.1, -0.05) is 6.07 Å². The van der Waals surface area contributed by atoms with E-state index >= 15 is 0 Å². The first-order valence-electron chi connectivity index (χ1n) is 11.3. The molecule has 6 rings (SSSR count). The lowest BCUT2D eigenvalue weighted by molar-refractivity contribution is -0.128. The van der Waals surface area contributed by atoms with Crippen molar-refractivity contribution in [2.45, 2.75) is 25.8 Å². The summed E-state index contributed by atoms with van der Waals surface area (Å²) in [6, 6.07) is 8.33. The van der Waals surface area contributed by atoms with E-state index in [9.17, 15) is 4.79 Å². The van der Waals surface area contributed by atoms with E-state index in [1.54, 1.807) is 26.4 Å². The van der Waals surface area contributed by atoms with Gasteiger partial charge in [0.2, 0.25) is 17.7 Å². The van der Waals surface area contributed by atoms with Crippen LogP contribution in [-0.2, 0) is 4.79 Å². The van der Waals surface area contributed by atoms with E-state index in [1.165, 1.54) is 0 Å². The van der Waals surface area contributed by atoms with Gasteiger partial charge >= 0.3 is 0 Å². The number of nitrogens with one attached hydrogen (secondary N) is 1.